The molecule has 1 aromatic rings. The van der Waals surface area contributed by atoms with Gasteiger partial charge in [-0.05, 0) is 42.9 Å². The van der Waals surface area contributed by atoms with E-state index in [9.17, 15) is 4.79 Å². The summed E-state index contributed by atoms with van der Waals surface area (Å²) in [7, 11) is 0. The second-order valence-electron chi connectivity index (χ2n) is 7.87. The molecule has 0 unspecified atom stereocenters. The molecule has 138 valence electrons. The van der Waals surface area contributed by atoms with Gasteiger partial charge in [0.2, 0.25) is 5.91 Å². The Bertz CT molecular complexity index is 598. The standard InChI is InChI=1S/C20H30ClN3O/c1-14(2)19-12-24(13-20(19)22-15(3)25)17-7-9-23(10-8-17)18-6-4-5-16(21)11-18/h4-6,11,14,17,19-20H,7-10,12-13H2,1-3H3,(H,22,25)/t19-,20+/m0/s1. The Labute approximate surface area is 156 Å². The summed E-state index contributed by atoms with van der Waals surface area (Å²) in [5.41, 5.74) is 1.23. The fraction of sp³-hybridized carbons (Fsp3) is 0.650. The van der Waals surface area contributed by atoms with Gasteiger partial charge in [0.1, 0.15) is 0 Å². The Hall–Kier alpha value is -1.26. The zero-order valence-corrected chi connectivity index (χ0v) is 16.3. The summed E-state index contributed by atoms with van der Waals surface area (Å²) in [5.74, 6) is 1.23. The highest BCUT2D eigenvalue weighted by molar-refractivity contribution is 6.30. The first-order valence-corrected chi connectivity index (χ1v) is 9.83. The van der Waals surface area contributed by atoms with Crippen molar-refractivity contribution in [3.05, 3.63) is 29.3 Å². The van der Waals surface area contributed by atoms with Crippen molar-refractivity contribution in [3.8, 4) is 0 Å². The fourth-order valence-corrected chi connectivity index (χ4v) is 4.59. The molecular weight excluding hydrogens is 334 g/mol. The zero-order chi connectivity index (χ0) is 18.0. The second-order valence-corrected chi connectivity index (χ2v) is 8.30. The van der Waals surface area contributed by atoms with E-state index in [4.69, 9.17) is 11.6 Å². The molecule has 4 nitrogen and oxygen atoms in total. The van der Waals surface area contributed by atoms with Gasteiger partial charge >= 0.3 is 0 Å². The molecule has 1 amide bonds. The minimum absolute atomic E-state index is 0.0910. The molecule has 5 heteroatoms. The molecule has 0 aromatic heterocycles. The minimum Gasteiger partial charge on any atom is -0.371 e. The van der Waals surface area contributed by atoms with Gasteiger partial charge in [-0.1, -0.05) is 31.5 Å². The maximum absolute atomic E-state index is 11.5. The van der Waals surface area contributed by atoms with Gasteiger partial charge in [0.05, 0.1) is 0 Å². The van der Waals surface area contributed by atoms with Crippen LogP contribution in [0.1, 0.15) is 33.6 Å². The van der Waals surface area contributed by atoms with E-state index >= 15 is 0 Å². The third-order valence-corrected chi connectivity index (χ3v) is 6.03. The van der Waals surface area contributed by atoms with Crippen molar-refractivity contribution >= 4 is 23.2 Å². The summed E-state index contributed by atoms with van der Waals surface area (Å²) >= 11 is 6.13. The molecule has 0 radical (unpaired) electrons. The molecule has 2 heterocycles. The number of carbonyl (C=O) groups is 1. The summed E-state index contributed by atoms with van der Waals surface area (Å²) in [6.07, 6.45) is 2.34. The molecule has 0 bridgehead atoms. The topological polar surface area (TPSA) is 35.6 Å². The summed E-state index contributed by atoms with van der Waals surface area (Å²) in [6.45, 7) is 10.4. The van der Waals surface area contributed by atoms with Crippen molar-refractivity contribution in [2.24, 2.45) is 11.8 Å². The molecule has 1 aromatic carbocycles. The summed E-state index contributed by atoms with van der Waals surface area (Å²) in [5, 5.41) is 3.98. The Morgan fingerprint density at radius 1 is 1.24 bits per heavy atom. The molecule has 2 fully saturated rings. The number of halogens is 1. The van der Waals surface area contributed by atoms with Gasteiger partial charge in [-0.25, -0.2) is 0 Å². The fourth-order valence-electron chi connectivity index (χ4n) is 4.41. The van der Waals surface area contributed by atoms with Crippen molar-refractivity contribution < 1.29 is 4.79 Å². The van der Waals surface area contributed by atoms with Crippen LogP contribution in [0.4, 0.5) is 5.69 Å². The van der Waals surface area contributed by atoms with Crippen molar-refractivity contribution in [2.45, 2.75) is 45.7 Å². The normalized spacial score (nSPS) is 25.6. The number of hydrogen-bond donors (Lipinski definition) is 1. The quantitative estimate of drug-likeness (QED) is 0.890. The lowest BCUT2D eigenvalue weighted by Crippen LogP contribution is -2.45. The average Bonchev–Trinajstić information content (AvgIpc) is 2.98. The van der Waals surface area contributed by atoms with Crippen LogP contribution in [0.5, 0.6) is 0 Å². The molecule has 2 aliphatic heterocycles. The van der Waals surface area contributed by atoms with Gasteiger partial charge in [0.25, 0.3) is 0 Å². The summed E-state index contributed by atoms with van der Waals surface area (Å²) in [4.78, 5) is 16.6. The number of piperidine rings is 1. The van der Waals surface area contributed by atoms with Crippen molar-refractivity contribution in [1.82, 2.24) is 10.2 Å². The van der Waals surface area contributed by atoms with Gasteiger partial charge in [0, 0.05) is 55.9 Å². The predicted molar refractivity (Wildman–Crippen MR) is 104 cm³/mol. The molecule has 25 heavy (non-hydrogen) atoms. The summed E-state index contributed by atoms with van der Waals surface area (Å²) < 4.78 is 0. The number of benzene rings is 1. The largest absolute Gasteiger partial charge is 0.371 e. The Balaban J connectivity index is 1.58. The second kappa shape index (κ2) is 7.96. The predicted octanol–water partition coefficient (Wildman–Crippen LogP) is 3.40. The van der Waals surface area contributed by atoms with E-state index in [2.05, 4.69) is 41.1 Å². The van der Waals surface area contributed by atoms with Gasteiger partial charge in [-0.2, -0.15) is 0 Å². The van der Waals surface area contributed by atoms with Gasteiger partial charge in [-0.3, -0.25) is 9.69 Å². The highest BCUT2D eigenvalue weighted by Gasteiger charge is 2.38. The van der Waals surface area contributed by atoms with Crippen LogP contribution in [-0.4, -0.2) is 49.1 Å². The minimum atomic E-state index is 0.0910. The van der Waals surface area contributed by atoms with Crippen molar-refractivity contribution in [2.75, 3.05) is 31.1 Å². The Morgan fingerprint density at radius 2 is 1.96 bits per heavy atom. The molecular formula is C20H30ClN3O. The van der Waals surface area contributed by atoms with Crippen LogP contribution in [0.15, 0.2) is 24.3 Å². The third kappa shape index (κ3) is 4.48. The van der Waals surface area contributed by atoms with E-state index in [0.717, 1.165) is 31.2 Å². The first kappa shape index (κ1) is 18.5. The van der Waals surface area contributed by atoms with Gasteiger partial charge in [0.15, 0.2) is 0 Å². The first-order chi connectivity index (χ1) is 11.9. The van der Waals surface area contributed by atoms with Crippen LogP contribution >= 0.6 is 11.6 Å². The van der Waals surface area contributed by atoms with Crippen molar-refractivity contribution in [3.63, 3.8) is 0 Å². The zero-order valence-electron chi connectivity index (χ0n) is 15.5. The van der Waals surface area contributed by atoms with Crippen LogP contribution in [0.2, 0.25) is 5.02 Å². The maximum Gasteiger partial charge on any atom is 0.217 e. The van der Waals surface area contributed by atoms with Crippen LogP contribution in [0.3, 0.4) is 0 Å². The number of nitrogens with one attached hydrogen (secondary N) is 1. The highest BCUT2D eigenvalue weighted by Crippen LogP contribution is 2.30. The number of hydrogen-bond acceptors (Lipinski definition) is 3. The van der Waals surface area contributed by atoms with Crippen LogP contribution in [-0.2, 0) is 4.79 Å². The first-order valence-electron chi connectivity index (χ1n) is 9.45. The lowest BCUT2D eigenvalue weighted by Gasteiger charge is -2.38. The number of rotatable bonds is 4. The SMILES string of the molecule is CC(=O)N[C@@H]1CN(C2CCN(c3cccc(Cl)c3)CC2)C[C@H]1C(C)C. The maximum atomic E-state index is 11.5. The average molecular weight is 364 g/mol. The summed E-state index contributed by atoms with van der Waals surface area (Å²) in [6, 6.07) is 9.06. The number of likely N-dealkylation sites (tertiary alicyclic amines) is 1. The van der Waals surface area contributed by atoms with E-state index in [1.54, 1.807) is 6.92 Å². The number of amides is 1. The van der Waals surface area contributed by atoms with Crippen LogP contribution in [0.25, 0.3) is 0 Å². The number of nitrogens with zero attached hydrogens (tertiary/aromatic N) is 2. The molecule has 2 atom stereocenters. The smallest absolute Gasteiger partial charge is 0.217 e. The van der Waals surface area contributed by atoms with Gasteiger partial charge in [-0.15, -0.1) is 0 Å². The molecule has 3 rings (SSSR count). The lowest BCUT2D eigenvalue weighted by molar-refractivity contribution is -0.119. The molecule has 2 saturated heterocycles. The molecule has 0 saturated carbocycles. The van der Waals surface area contributed by atoms with E-state index < -0.39 is 0 Å². The van der Waals surface area contributed by atoms with Gasteiger partial charge < -0.3 is 10.2 Å². The van der Waals surface area contributed by atoms with Crippen LogP contribution < -0.4 is 10.2 Å². The Morgan fingerprint density at radius 3 is 2.56 bits per heavy atom. The van der Waals surface area contributed by atoms with E-state index in [1.807, 2.05) is 12.1 Å². The van der Waals surface area contributed by atoms with Crippen LogP contribution in [0, 0.1) is 11.8 Å². The molecule has 2 aliphatic rings. The van der Waals surface area contributed by atoms with E-state index in [0.29, 0.717) is 23.9 Å². The monoisotopic (exact) mass is 363 g/mol. The number of anilines is 1. The lowest BCUT2D eigenvalue weighted by atomic mass is 9.91. The molecule has 1 N–H and O–H groups in total. The van der Waals surface area contributed by atoms with E-state index in [-0.39, 0.29) is 5.91 Å². The highest BCUT2D eigenvalue weighted by atomic mass is 35.5. The Kier molecular flexibility index (Phi) is 5.90. The number of carbonyl (C=O) groups excluding carboxylic acids is 1. The molecule has 0 spiro atoms. The molecule has 0 aliphatic carbocycles. The van der Waals surface area contributed by atoms with Crippen molar-refractivity contribution in [1.29, 1.82) is 0 Å². The van der Waals surface area contributed by atoms with E-state index in [1.165, 1.54) is 18.5 Å². The third-order valence-electron chi connectivity index (χ3n) is 5.79.